The molecule has 2 N–H and O–H groups in total. The first-order valence-corrected chi connectivity index (χ1v) is 9.58. The summed E-state index contributed by atoms with van der Waals surface area (Å²) in [6, 6.07) is 19.1. The second kappa shape index (κ2) is 9.60. The number of hydrogen-bond acceptors (Lipinski definition) is 5. The van der Waals surface area contributed by atoms with Crippen LogP contribution < -0.4 is 14.8 Å². The first kappa shape index (κ1) is 20.9. The number of ether oxygens (including phenoxy) is 2. The van der Waals surface area contributed by atoms with Crippen LogP contribution in [0.25, 0.3) is 0 Å². The van der Waals surface area contributed by atoms with E-state index in [1.807, 2.05) is 32.0 Å². The average Bonchev–Trinajstić information content (AvgIpc) is 2.74. The van der Waals surface area contributed by atoms with Gasteiger partial charge in [0.15, 0.2) is 11.5 Å². The molecule has 3 rings (SSSR count). The molecule has 0 aliphatic carbocycles. The predicted molar refractivity (Wildman–Crippen MR) is 114 cm³/mol. The molecule has 30 heavy (non-hydrogen) atoms. The van der Waals surface area contributed by atoms with Crippen LogP contribution in [0, 0.1) is 6.92 Å². The maximum absolute atomic E-state index is 12.4. The van der Waals surface area contributed by atoms with E-state index in [4.69, 9.17) is 14.6 Å². The van der Waals surface area contributed by atoms with E-state index < -0.39 is 11.9 Å². The van der Waals surface area contributed by atoms with Gasteiger partial charge >= 0.3 is 11.9 Å². The topological polar surface area (TPSA) is 84.9 Å². The minimum atomic E-state index is -0.975. The van der Waals surface area contributed by atoms with Gasteiger partial charge in [0.05, 0.1) is 17.7 Å². The fourth-order valence-corrected chi connectivity index (χ4v) is 2.83. The van der Waals surface area contributed by atoms with Crippen molar-refractivity contribution >= 4 is 17.6 Å². The number of nitrogens with one attached hydrogen (secondary N) is 1. The summed E-state index contributed by atoms with van der Waals surface area (Å²) >= 11 is 0. The zero-order valence-corrected chi connectivity index (χ0v) is 16.8. The van der Waals surface area contributed by atoms with Crippen molar-refractivity contribution in [3.05, 3.63) is 89.0 Å². The lowest BCUT2D eigenvalue weighted by Crippen LogP contribution is -2.10. The van der Waals surface area contributed by atoms with Gasteiger partial charge in [-0.15, -0.1) is 0 Å². The molecule has 6 nitrogen and oxygen atoms in total. The van der Waals surface area contributed by atoms with E-state index in [1.165, 1.54) is 6.07 Å². The molecule has 6 heteroatoms. The van der Waals surface area contributed by atoms with E-state index in [9.17, 15) is 9.59 Å². The largest absolute Gasteiger partial charge is 0.490 e. The zero-order valence-electron chi connectivity index (χ0n) is 16.8. The number of rotatable bonds is 8. The lowest BCUT2D eigenvalue weighted by molar-refractivity contribution is 0.0694. The van der Waals surface area contributed by atoms with Crippen LogP contribution in [0.4, 0.5) is 5.69 Å². The third kappa shape index (κ3) is 5.38. The summed E-state index contributed by atoms with van der Waals surface area (Å²) in [6.45, 7) is 4.68. The zero-order chi connectivity index (χ0) is 21.5. The Labute approximate surface area is 175 Å². The molecule has 0 atom stereocenters. The molecule has 0 aliphatic rings. The monoisotopic (exact) mass is 405 g/mol. The first-order valence-electron chi connectivity index (χ1n) is 9.58. The molecule has 0 spiro atoms. The van der Waals surface area contributed by atoms with Gasteiger partial charge in [-0.05, 0) is 61.9 Å². The summed E-state index contributed by atoms with van der Waals surface area (Å²) in [5.74, 6) is -0.611. The Balaban J connectivity index is 1.72. The number of carboxylic acid groups (broad SMARTS) is 1. The van der Waals surface area contributed by atoms with E-state index >= 15 is 0 Å². The summed E-state index contributed by atoms with van der Waals surface area (Å²) in [5, 5.41) is 12.3. The fourth-order valence-electron chi connectivity index (χ4n) is 2.83. The molecule has 0 unspecified atom stereocenters. The molecular weight excluding hydrogens is 382 g/mol. The normalized spacial score (nSPS) is 10.3. The number of carbonyl (C=O) groups is 2. The van der Waals surface area contributed by atoms with Crippen LogP contribution in [0.2, 0.25) is 0 Å². The van der Waals surface area contributed by atoms with Crippen molar-refractivity contribution in [2.45, 2.75) is 20.4 Å². The van der Waals surface area contributed by atoms with Gasteiger partial charge in [-0.2, -0.15) is 0 Å². The van der Waals surface area contributed by atoms with Crippen molar-refractivity contribution in [2.75, 3.05) is 11.9 Å². The molecule has 0 saturated heterocycles. The van der Waals surface area contributed by atoms with E-state index in [0.717, 1.165) is 11.1 Å². The summed E-state index contributed by atoms with van der Waals surface area (Å²) in [7, 11) is 0. The molecule has 0 radical (unpaired) electrons. The van der Waals surface area contributed by atoms with Gasteiger partial charge in [0.1, 0.15) is 0 Å². The molecule has 0 amide bonds. The van der Waals surface area contributed by atoms with Crippen LogP contribution in [0.3, 0.4) is 0 Å². The Hall–Kier alpha value is -3.80. The number of aromatic carboxylic acids is 1. The van der Waals surface area contributed by atoms with Gasteiger partial charge in [-0.1, -0.05) is 29.8 Å². The third-order valence-corrected chi connectivity index (χ3v) is 4.40. The highest BCUT2D eigenvalue weighted by atomic mass is 16.6. The summed E-state index contributed by atoms with van der Waals surface area (Å²) in [4.78, 5) is 23.5. The number of aryl methyl sites for hydroxylation is 1. The SMILES string of the molecule is CCOc1cc(CNc2cccc(C(=O)O)c2)ccc1OC(=O)c1ccc(C)cc1. The second-order valence-corrected chi connectivity index (χ2v) is 6.71. The Bertz CT molecular complexity index is 1040. The molecule has 3 aromatic carbocycles. The number of hydrogen-bond donors (Lipinski definition) is 2. The smallest absolute Gasteiger partial charge is 0.343 e. The van der Waals surface area contributed by atoms with Crippen LogP contribution in [0.5, 0.6) is 11.5 Å². The number of carbonyl (C=O) groups excluding carboxylic acids is 1. The predicted octanol–water partition coefficient (Wildman–Crippen LogP) is 4.92. The van der Waals surface area contributed by atoms with E-state index in [0.29, 0.717) is 35.9 Å². The maximum atomic E-state index is 12.4. The standard InChI is InChI=1S/C24H23NO5/c1-3-29-22-13-17(15-25-20-6-4-5-19(14-20)23(26)27)9-12-21(22)30-24(28)18-10-7-16(2)8-11-18/h4-14,25H,3,15H2,1-2H3,(H,26,27). The van der Waals surface area contributed by atoms with Crippen LogP contribution in [-0.4, -0.2) is 23.7 Å². The van der Waals surface area contributed by atoms with Gasteiger partial charge in [-0.25, -0.2) is 9.59 Å². The quantitative estimate of drug-likeness (QED) is 0.409. The maximum Gasteiger partial charge on any atom is 0.343 e. The molecular formula is C24H23NO5. The lowest BCUT2D eigenvalue weighted by Gasteiger charge is -2.13. The van der Waals surface area contributed by atoms with Gasteiger partial charge in [-0.3, -0.25) is 0 Å². The highest BCUT2D eigenvalue weighted by Gasteiger charge is 2.13. The average molecular weight is 405 g/mol. The molecule has 154 valence electrons. The van der Waals surface area contributed by atoms with Gasteiger partial charge in [0.25, 0.3) is 0 Å². The molecule has 0 fully saturated rings. The van der Waals surface area contributed by atoms with Crippen molar-refractivity contribution in [3.8, 4) is 11.5 Å². The van der Waals surface area contributed by atoms with E-state index in [-0.39, 0.29) is 5.56 Å². The minimum absolute atomic E-state index is 0.216. The van der Waals surface area contributed by atoms with Crippen LogP contribution in [-0.2, 0) is 6.54 Å². The molecule has 0 bridgehead atoms. The van der Waals surface area contributed by atoms with Crippen molar-refractivity contribution in [2.24, 2.45) is 0 Å². The summed E-state index contributed by atoms with van der Waals surface area (Å²) < 4.78 is 11.2. The van der Waals surface area contributed by atoms with Crippen molar-refractivity contribution in [1.82, 2.24) is 0 Å². The number of esters is 1. The third-order valence-electron chi connectivity index (χ3n) is 4.40. The Kier molecular flexibility index (Phi) is 6.70. The highest BCUT2D eigenvalue weighted by Crippen LogP contribution is 2.30. The van der Waals surface area contributed by atoms with Crippen LogP contribution >= 0.6 is 0 Å². The van der Waals surface area contributed by atoms with Crippen molar-refractivity contribution in [1.29, 1.82) is 0 Å². The molecule has 3 aromatic rings. The second-order valence-electron chi connectivity index (χ2n) is 6.71. The van der Waals surface area contributed by atoms with Gasteiger partial charge in [0.2, 0.25) is 0 Å². The Morgan fingerprint density at radius 2 is 1.70 bits per heavy atom. The molecule has 0 heterocycles. The summed E-state index contributed by atoms with van der Waals surface area (Å²) in [5.41, 5.74) is 3.34. The Morgan fingerprint density at radius 3 is 2.40 bits per heavy atom. The van der Waals surface area contributed by atoms with Gasteiger partial charge in [0, 0.05) is 12.2 Å². The van der Waals surface area contributed by atoms with E-state index in [2.05, 4.69) is 5.32 Å². The molecule has 0 saturated carbocycles. The van der Waals surface area contributed by atoms with Gasteiger partial charge < -0.3 is 19.9 Å². The van der Waals surface area contributed by atoms with E-state index in [1.54, 1.807) is 42.5 Å². The fraction of sp³-hybridized carbons (Fsp3) is 0.167. The highest BCUT2D eigenvalue weighted by molar-refractivity contribution is 5.91. The molecule has 0 aromatic heterocycles. The first-order chi connectivity index (χ1) is 14.5. The molecule has 0 aliphatic heterocycles. The van der Waals surface area contributed by atoms with Crippen molar-refractivity contribution < 1.29 is 24.2 Å². The van der Waals surface area contributed by atoms with Crippen molar-refractivity contribution in [3.63, 3.8) is 0 Å². The summed E-state index contributed by atoms with van der Waals surface area (Å²) in [6.07, 6.45) is 0. The van der Waals surface area contributed by atoms with Crippen LogP contribution in [0.1, 0.15) is 38.8 Å². The number of benzene rings is 3. The lowest BCUT2D eigenvalue weighted by atomic mass is 10.1. The van der Waals surface area contributed by atoms with Crippen LogP contribution in [0.15, 0.2) is 66.7 Å². The number of anilines is 1. The number of carboxylic acids is 1. The Morgan fingerprint density at radius 1 is 0.933 bits per heavy atom. The minimum Gasteiger partial charge on any atom is -0.490 e.